The van der Waals surface area contributed by atoms with Gasteiger partial charge in [-0.3, -0.25) is 10.1 Å². The third-order valence-electron chi connectivity index (χ3n) is 4.86. The predicted octanol–water partition coefficient (Wildman–Crippen LogP) is 3.76. The van der Waals surface area contributed by atoms with Gasteiger partial charge in [0.15, 0.2) is 5.96 Å². The topological polar surface area (TPSA) is 68.3 Å². The van der Waals surface area contributed by atoms with Crippen LogP contribution < -0.4 is 15.5 Å². The van der Waals surface area contributed by atoms with E-state index in [0.29, 0.717) is 6.04 Å². The second-order valence-corrected chi connectivity index (χ2v) is 7.38. The minimum Gasteiger partial charge on any atom is -0.369 e. The van der Waals surface area contributed by atoms with Crippen molar-refractivity contribution in [2.45, 2.75) is 39.2 Å². The first-order chi connectivity index (χ1) is 13.2. The average molecular weight is 517 g/mol. The van der Waals surface area contributed by atoms with Gasteiger partial charge < -0.3 is 15.5 Å². The van der Waals surface area contributed by atoms with Gasteiger partial charge >= 0.3 is 0 Å². The molecular formula is C20H30ClIN6. The first-order valence-electron chi connectivity index (χ1n) is 9.70. The van der Waals surface area contributed by atoms with Crippen molar-refractivity contribution >= 4 is 47.2 Å². The molecule has 3 rings (SSSR count). The number of guanidine groups is 1. The Bertz CT molecular complexity index is 763. The number of nitrogens with one attached hydrogen (secondary N) is 3. The number of rotatable bonds is 7. The molecule has 0 aliphatic carbocycles. The fraction of sp³-hybridized carbons (Fsp3) is 0.500. The number of aliphatic imine (C=N–C) groups is 1. The van der Waals surface area contributed by atoms with Crippen LogP contribution in [0, 0.1) is 6.92 Å². The Morgan fingerprint density at radius 3 is 3.00 bits per heavy atom. The minimum atomic E-state index is 0. The molecule has 0 spiro atoms. The first kappa shape index (κ1) is 22.8. The van der Waals surface area contributed by atoms with Gasteiger partial charge in [-0.25, -0.2) is 0 Å². The van der Waals surface area contributed by atoms with E-state index in [4.69, 9.17) is 16.6 Å². The van der Waals surface area contributed by atoms with Crippen LogP contribution in [0.25, 0.3) is 0 Å². The Labute approximate surface area is 189 Å². The van der Waals surface area contributed by atoms with Gasteiger partial charge in [0.1, 0.15) is 0 Å². The molecule has 0 amide bonds. The molecule has 1 aliphatic rings. The second-order valence-electron chi connectivity index (χ2n) is 6.94. The van der Waals surface area contributed by atoms with Crippen LogP contribution in [0.4, 0.5) is 5.69 Å². The van der Waals surface area contributed by atoms with E-state index in [1.807, 2.05) is 24.4 Å². The highest BCUT2D eigenvalue weighted by Crippen LogP contribution is 2.23. The van der Waals surface area contributed by atoms with E-state index in [1.54, 1.807) is 0 Å². The van der Waals surface area contributed by atoms with Gasteiger partial charge in [-0.15, -0.1) is 24.0 Å². The highest BCUT2D eigenvalue weighted by molar-refractivity contribution is 14.0. The van der Waals surface area contributed by atoms with Crippen LogP contribution in [-0.4, -0.2) is 48.4 Å². The fourth-order valence-electron chi connectivity index (χ4n) is 3.39. The molecule has 2 heterocycles. The molecule has 8 heteroatoms. The molecule has 1 aliphatic heterocycles. The van der Waals surface area contributed by atoms with Crippen molar-refractivity contribution in [1.29, 1.82) is 0 Å². The number of aromatic amines is 1. The summed E-state index contributed by atoms with van der Waals surface area (Å²) in [6.07, 6.45) is 5.00. The standard InChI is InChI=1S/C20H29ClN6.HI/c1-3-22-20(23-10-5-6-16-13-24-26-15(16)2)25-18-9-11-27(14-18)19-8-4-7-17(21)12-19;/h4,7-8,12-13,18H,3,5-6,9-11,14H2,1-2H3,(H,24,26)(H2,22,23,25);1H. The van der Waals surface area contributed by atoms with E-state index in [2.05, 4.69) is 45.6 Å². The van der Waals surface area contributed by atoms with Gasteiger partial charge in [0.2, 0.25) is 0 Å². The Kier molecular flexibility index (Phi) is 9.37. The summed E-state index contributed by atoms with van der Waals surface area (Å²) in [5, 5.41) is 14.8. The van der Waals surface area contributed by atoms with Crippen LogP contribution in [0.15, 0.2) is 35.5 Å². The van der Waals surface area contributed by atoms with Crippen molar-refractivity contribution in [1.82, 2.24) is 20.8 Å². The molecule has 1 atom stereocenters. The van der Waals surface area contributed by atoms with Crippen LogP contribution >= 0.6 is 35.6 Å². The molecule has 6 nitrogen and oxygen atoms in total. The summed E-state index contributed by atoms with van der Waals surface area (Å²) in [4.78, 5) is 7.11. The van der Waals surface area contributed by atoms with Crippen molar-refractivity contribution in [3.8, 4) is 0 Å². The molecule has 1 fully saturated rings. The number of H-pyrrole nitrogens is 1. The van der Waals surface area contributed by atoms with Crippen molar-refractivity contribution in [2.24, 2.45) is 4.99 Å². The molecule has 1 aromatic heterocycles. The summed E-state index contributed by atoms with van der Waals surface area (Å²) < 4.78 is 0. The molecule has 0 bridgehead atoms. The van der Waals surface area contributed by atoms with E-state index >= 15 is 0 Å². The number of hydrogen-bond donors (Lipinski definition) is 3. The van der Waals surface area contributed by atoms with Crippen LogP contribution in [-0.2, 0) is 6.42 Å². The summed E-state index contributed by atoms with van der Waals surface area (Å²) in [6.45, 7) is 7.79. The first-order valence-corrected chi connectivity index (χ1v) is 10.1. The molecule has 0 saturated carbocycles. The summed E-state index contributed by atoms with van der Waals surface area (Å²) in [5.74, 6) is 0.902. The normalized spacial score (nSPS) is 16.8. The number of hydrogen-bond acceptors (Lipinski definition) is 3. The molecule has 1 unspecified atom stereocenters. The molecule has 2 aromatic rings. The SMILES string of the molecule is CCNC(=NCCCc1cn[nH]c1C)NC1CCN(c2cccc(Cl)c2)C1.I. The average Bonchev–Trinajstić information content (AvgIpc) is 3.28. The van der Waals surface area contributed by atoms with Crippen LogP contribution in [0.2, 0.25) is 5.02 Å². The number of anilines is 1. The van der Waals surface area contributed by atoms with Crippen LogP contribution in [0.1, 0.15) is 31.0 Å². The molecule has 0 radical (unpaired) electrons. The van der Waals surface area contributed by atoms with Crippen molar-refractivity contribution < 1.29 is 0 Å². The number of aromatic nitrogens is 2. The third kappa shape index (κ3) is 6.55. The Balaban J connectivity index is 0.00000280. The Morgan fingerprint density at radius 1 is 1.43 bits per heavy atom. The molecular weight excluding hydrogens is 487 g/mol. The number of nitrogens with zero attached hydrogens (tertiary/aromatic N) is 3. The highest BCUT2D eigenvalue weighted by atomic mass is 127. The number of aryl methyl sites for hydroxylation is 2. The minimum absolute atomic E-state index is 0. The monoisotopic (exact) mass is 516 g/mol. The second kappa shape index (κ2) is 11.5. The highest BCUT2D eigenvalue weighted by Gasteiger charge is 2.23. The maximum absolute atomic E-state index is 6.13. The Hall–Kier alpha value is -1.48. The summed E-state index contributed by atoms with van der Waals surface area (Å²) in [7, 11) is 0. The molecule has 1 aromatic carbocycles. The van der Waals surface area contributed by atoms with Crippen molar-refractivity contribution in [2.75, 3.05) is 31.1 Å². The van der Waals surface area contributed by atoms with Gasteiger partial charge in [0.25, 0.3) is 0 Å². The molecule has 154 valence electrons. The lowest BCUT2D eigenvalue weighted by Gasteiger charge is -2.20. The fourth-order valence-corrected chi connectivity index (χ4v) is 3.57. The zero-order chi connectivity index (χ0) is 19.1. The Morgan fingerprint density at radius 2 is 2.29 bits per heavy atom. The largest absolute Gasteiger partial charge is 0.369 e. The van der Waals surface area contributed by atoms with Gasteiger partial charge in [-0.1, -0.05) is 17.7 Å². The number of halogens is 2. The van der Waals surface area contributed by atoms with E-state index in [-0.39, 0.29) is 24.0 Å². The lowest BCUT2D eigenvalue weighted by Crippen LogP contribution is -2.44. The molecule has 1 saturated heterocycles. The summed E-state index contributed by atoms with van der Waals surface area (Å²) >= 11 is 6.13. The smallest absolute Gasteiger partial charge is 0.191 e. The zero-order valence-corrected chi connectivity index (χ0v) is 19.6. The van der Waals surface area contributed by atoms with E-state index in [0.717, 1.165) is 62.1 Å². The van der Waals surface area contributed by atoms with E-state index in [1.165, 1.54) is 11.3 Å². The van der Waals surface area contributed by atoms with Gasteiger partial charge in [0, 0.05) is 48.6 Å². The lowest BCUT2D eigenvalue weighted by molar-refractivity contribution is 0.647. The zero-order valence-electron chi connectivity index (χ0n) is 16.5. The predicted molar refractivity (Wildman–Crippen MR) is 128 cm³/mol. The van der Waals surface area contributed by atoms with Crippen LogP contribution in [0.5, 0.6) is 0 Å². The maximum Gasteiger partial charge on any atom is 0.191 e. The van der Waals surface area contributed by atoms with Crippen LogP contribution in [0.3, 0.4) is 0 Å². The molecule has 28 heavy (non-hydrogen) atoms. The third-order valence-corrected chi connectivity index (χ3v) is 5.09. The maximum atomic E-state index is 6.13. The van der Waals surface area contributed by atoms with Gasteiger partial charge in [-0.2, -0.15) is 5.10 Å². The summed E-state index contributed by atoms with van der Waals surface area (Å²) in [6, 6.07) is 8.45. The van der Waals surface area contributed by atoms with Gasteiger partial charge in [0.05, 0.1) is 6.20 Å². The number of benzene rings is 1. The van der Waals surface area contributed by atoms with Gasteiger partial charge in [-0.05, 0) is 56.9 Å². The lowest BCUT2D eigenvalue weighted by atomic mass is 10.1. The quantitative estimate of drug-likeness (QED) is 0.227. The van der Waals surface area contributed by atoms with E-state index in [9.17, 15) is 0 Å². The van der Waals surface area contributed by atoms with Crippen molar-refractivity contribution in [3.63, 3.8) is 0 Å². The molecule has 3 N–H and O–H groups in total. The summed E-state index contributed by atoms with van der Waals surface area (Å²) in [5.41, 5.74) is 3.61. The van der Waals surface area contributed by atoms with E-state index < -0.39 is 0 Å². The van der Waals surface area contributed by atoms with Crippen molar-refractivity contribution in [3.05, 3.63) is 46.7 Å².